The lowest BCUT2D eigenvalue weighted by atomic mass is 10.1. The van der Waals surface area contributed by atoms with Crippen LogP contribution in [0.2, 0.25) is 9.36 Å². The normalized spacial score (nSPS) is 14.1. The molecule has 0 N–H and O–H groups in total. The molecule has 0 saturated heterocycles. The number of ketones is 1. The van der Waals surface area contributed by atoms with E-state index < -0.39 is 11.7 Å². The second kappa shape index (κ2) is 4.56. The Hall–Kier alpha value is -1.50. The summed E-state index contributed by atoms with van der Waals surface area (Å²) in [5.74, 6) is -1.18. The fourth-order valence-electron chi connectivity index (χ4n) is 1.87. The van der Waals surface area contributed by atoms with Crippen LogP contribution in [-0.4, -0.2) is 21.3 Å². The van der Waals surface area contributed by atoms with Gasteiger partial charge in [-0.3, -0.25) is 14.5 Å². The number of aromatic nitrogens is 2. The third-order valence-electron chi connectivity index (χ3n) is 2.75. The number of fused-ring (bicyclic) bond motifs is 1. The Morgan fingerprint density at radius 2 is 2.05 bits per heavy atom. The van der Waals surface area contributed by atoms with Gasteiger partial charge in [0.25, 0.3) is 11.7 Å². The van der Waals surface area contributed by atoms with Gasteiger partial charge >= 0.3 is 0 Å². The quantitative estimate of drug-likeness (QED) is 0.799. The van der Waals surface area contributed by atoms with Gasteiger partial charge in [-0.05, 0) is 18.2 Å². The smallest absolute Gasteiger partial charge is 0.299 e. The zero-order valence-corrected chi connectivity index (χ0v) is 11.6. The molecule has 5 nitrogen and oxygen atoms in total. The molecular weight excluding hydrogens is 309 g/mol. The zero-order valence-electron chi connectivity index (χ0n) is 9.26. The van der Waals surface area contributed by atoms with E-state index in [1.54, 1.807) is 12.1 Å². The highest BCUT2D eigenvalue weighted by Crippen LogP contribution is 2.33. The van der Waals surface area contributed by atoms with Crippen molar-refractivity contribution >= 4 is 52.1 Å². The SMILES string of the molecule is O=C1C(=O)N(Cc2nnsc2Cl)c2ccc(Cl)cc21. The predicted octanol–water partition coefficient (Wildman–Crippen LogP) is 2.57. The largest absolute Gasteiger partial charge is 0.299 e. The number of benzene rings is 1. The first-order valence-corrected chi connectivity index (χ1v) is 6.73. The van der Waals surface area contributed by atoms with Gasteiger partial charge in [0.1, 0.15) is 10.0 Å². The molecule has 0 saturated carbocycles. The average molecular weight is 314 g/mol. The number of hydrogen-bond acceptors (Lipinski definition) is 5. The van der Waals surface area contributed by atoms with Gasteiger partial charge in [-0.15, -0.1) is 5.10 Å². The molecule has 0 fully saturated rings. The molecule has 19 heavy (non-hydrogen) atoms. The lowest BCUT2D eigenvalue weighted by Gasteiger charge is -2.14. The van der Waals surface area contributed by atoms with E-state index in [-0.39, 0.29) is 6.54 Å². The lowest BCUT2D eigenvalue weighted by Crippen LogP contribution is -2.29. The van der Waals surface area contributed by atoms with Crippen LogP contribution in [0.15, 0.2) is 18.2 Å². The third kappa shape index (κ3) is 2.01. The molecule has 1 aromatic carbocycles. The van der Waals surface area contributed by atoms with Crippen molar-refractivity contribution in [2.45, 2.75) is 6.54 Å². The van der Waals surface area contributed by atoms with Gasteiger partial charge in [0, 0.05) is 16.6 Å². The second-order valence-electron chi connectivity index (χ2n) is 3.88. The minimum atomic E-state index is -0.610. The van der Waals surface area contributed by atoms with Crippen molar-refractivity contribution in [2.75, 3.05) is 4.90 Å². The van der Waals surface area contributed by atoms with E-state index in [2.05, 4.69) is 9.59 Å². The molecule has 0 spiro atoms. The molecule has 0 unspecified atom stereocenters. The van der Waals surface area contributed by atoms with Crippen molar-refractivity contribution in [3.63, 3.8) is 0 Å². The summed E-state index contributed by atoms with van der Waals surface area (Å²) in [6, 6.07) is 4.74. The fourth-order valence-corrected chi connectivity index (χ4v) is 2.65. The van der Waals surface area contributed by atoms with Crippen molar-refractivity contribution < 1.29 is 9.59 Å². The first-order valence-electron chi connectivity index (χ1n) is 5.20. The van der Waals surface area contributed by atoms with Crippen LogP contribution in [0.4, 0.5) is 5.69 Å². The topological polar surface area (TPSA) is 63.2 Å². The molecule has 1 aliphatic rings. The van der Waals surface area contributed by atoms with Gasteiger partial charge in [-0.25, -0.2) is 0 Å². The van der Waals surface area contributed by atoms with Crippen LogP contribution in [0.25, 0.3) is 0 Å². The van der Waals surface area contributed by atoms with Crippen molar-refractivity contribution in [2.24, 2.45) is 0 Å². The van der Waals surface area contributed by atoms with Gasteiger partial charge < -0.3 is 0 Å². The maximum atomic E-state index is 12.0. The Morgan fingerprint density at radius 3 is 2.74 bits per heavy atom. The van der Waals surface area contributed by atoms with Crippen molar-refractivity contribution in [3.8, 4) is 0 Å². The molecule has 0 radical (unpaired) electrons. The maximum Gasteiger partial charge on any atom is 0.299 e. The van der Waals surface area contributed by atoms with E-state index in [0.717, 1.165) is 11.5 Å². The van der Waals surface area contributed by atoms with Crippen LogP contribution in [0.3, 0.4) is 0 Å². The molecular formula is C11H5Cl2N3O2S. The molecule has 1 aromatic heterocycles. The van der Waals surface area contributed by atoms with Crippen LogP contribution in [-0.2, 0) is 11.3 Å². The summed E-state index contributed by atoms with van der Waals surface area (Å²) in [5.41, 5.74) is 1.29. The van der Waals surface area contributed by atoms with Crippen LogP contribution >= 0.6 is 34.7 Å². The van der Waals surface area contributed by atoms with E-state index in [9.17, 15) is 9.59 Å². The second-order valence-corrected chi connectivity index (χ2v) is 5.67. The number of anilines is 1. The van der Waals surface area contributed by atoms with Crippen molar-refractivity contribution in [3.05, 3.63) is 38.8 Å². The summed E-state index contributed by atoms with van der Waals surface area (Å²) in [6.45, 7) is 0.120. The summed E-state index contributed by atoms with van der Waals surface area (Å²) in [6.07, 6.45) is 0. The number of halogens is 2. The Morgan fingerprint density at radius 1 is 1.26 bits per heavy atom. The monoisotopic (exact) mass is 313 g/mol. The number of hydrogen-bond donors (Lipinski definition) is 0. The van der Waals surface area contributed by atoms with E-state index in [0.29, 0.717) is 26.3 Å². The Balaban J connectivity index is 2.02. The zero-order chi connectivity index (χ0) is 13.6. The summed E-state index contributed by atoms with van der Waals surface area (Å²) >= 11 is 12.8. The molecule has 0 atom stereocenters. The molecule has 1 amide bonds. The summed E-state index contributed by atoms with van der Waals surface area (Å²) in [4.78, 5) is 25.1. The Bertz CT molecular complexity index is 701. The molecule has 3 rings (SSSR count). The van der Waals surface area contributed by atoms with E-state index >= 15 is 0 Å². The number of carbonyl (C=O) groups is 2. The lowest BCUT2D eigenvalue weighted by molar-refractivity contribution is -0.114. The van der Waals surface area contributed by atoms with E-state index in [4.69, 9.17) is 23.2 Å². The third-order valence-corrected chi connectivity index (χ3v) is 3.97. The van der Waals surface area contributed by atoms with Gasteiger partial charge in [-0.2, -0.15) is 0 Å². The standard InChI is InChI=1S/C11H5Cl2N3O2S/c12-5-1-2-8-6(3-5)9(17)11(18)16(8)4-7-10(13)19-15-14-7/h1-3H,4H2. The first kappa shape index (κ1) is 12.5. The van der Waals surface area contributed by atoms with Crippen LogP contribution < -0.4 is 4.90 Å². The highest BCUT2D eigenvalue weighted by Gasteiger charge is 2.36. The summed E-state index contributed by atoms with van der Waals surface area (Å²) in [5, 5.41) is 4.25. The molecule has 2 aromatic rings. The highest BCUT2D eigenvalue weighted by molar-refractivity contribution is 7.10. The molecule has 96 valence electrons. The molecule has 8 heteroatoms. The van der Waals surface area contributed by atoms with E-state index in [1.807, 2.05) is 0 Å². The molecule has 1 aliphatic heterocycles. The number of nitrogens with zero attached hydrogens (tertiary/aromatic N) is 3. The van der Waals surface area contributed by atoms with Gasteiger partial charge in [0.05, 0.1) is 17.8 Å². The maximum absolute atomic E-state index is 12.0. The summed E-state index contributed by atoms with van der Waals surface area (Å²) < 4.78 is 4.10. The first-order chi connectivity index (χ1) is 9.08. The van der Waals surface area contributed by atoms with Crippen molar-refractivity contribution in [1.82, 2.24) is 9.59 Å². The number of amides is 1. The average Bonchev–Trinajstić information content (AvgIpc) is 2.88. The van der Waals surface area contributed by atoms with Crippen LogP contribution in [0, 0.1) is 0 Å². The minimum Gasteiger partial charge on any atom is -0.299 e. The Labute approximate surface area is 121 Å². The van der Waals surface area contributed by atoms with Gasteiger partial charge in [-0.1, -0.05) is 27.7 Å². The van der Waals surface area contributed by atoms with E-state index in [1.165, 1.54) is 11.0 Å². The fraction of sp³-hybridized carbons (Fsp3) is 0.0909. The van der Waals surface area contributed by atoms with Crippen molar-refractivity contribution in [1.29, 1.82) is 0 Å². The molecule has 0 bridgehead atoms. The molecule has 0 aliphatic carbocycles. The van der Waals surface area contributed by atoms with Crippen LogP contribution in [0.5, 0.6) is 0 Å². The predicted molar refractivity (Wildman–Crippen MR) is 71.9 cm³/mol. The summed E-state index contributed by atoms with van der Waals surface area (Å²) in [7, 11) is 0. The number of carbonyl (C=O) groups excluding carboxylic acids is 2. The number of Topliss-reactive ketones (excluding diaryl/α,β-unsaturated/α-hetero) is 1. The number of rotatable bonds is 2. The van der Waals surface area contributed by atoms with Gasteiger partial charge in [0.2, 0.25) is 0 Å². The Kier molecular flexibility index (Phi) is 3.00. The minimum absolute atomic E-state index is 0.120. The van der Waals surface area contributed by atoms with Gasteiger partial charge in [0.15, 0.2) is 0 Å². The molecule has 2 heterocycles. The van der Waals surface area contributed by atoms with Crippen LogP contribution in [0.1, 0.15) is 16.1 Å². The highest BCUT2D eigenvalue weighted by atomic mass is 35.5.